The zero-order chi connectivity index (χ0) is 22.4. The van der Waals surface area contributed by atoms with E-state index in [-0.39, 0.29) is 17.1 Å². The largest absolute Gasteiger partial charge is 0.573 e. The van der Waals surface area contributed by atoms with E-state index < -0.39 is 18.6 Å². The van der Waals surface area contributed by atoms with Crippen molar-refractivity contribution in [1.29, 1.82) is 0 Å². The Morgan fingerprint density at radius 2 is 1.77 bits per heavy atom. The Labute approximate surface area is 174 Å². The molecule has 7 heteroatoms. The smallest absolute Gasteiger partial charge is 0.406 e. The molecule has 30 heavy (non-hydrogen) atoms. The van der Waals surface area contributed by atoms with Crippen LogP contribution in [-0.4, -0.2) is 21.6 Å². The first-order valence-corrected chi connectivity index (χ1v) is 10.0. The molecule has 1 aliphatic rings. The second-order valence-electron chi connectivity index (χ2n) is 9.13. The van der Waals surface area contributed by atoms with Crippen LogP contribution < -0.4 is 4.74 Å². The molecule has 0 radical (unpaired) electrons. The molecular formula is C23H28F3NO3. The molecule has 0 aliphatic heterocycles. The zero-order valence-corrected chi connectivity index (χ0v) is 17.8. The lowest BCUT2D eigenvalue weighted by molar-refractivity contribution is -0.274. The third kappa shape index (κ3) is 4.62. The van der Waals surface area contributed by atoms with E-state index in [1.54, 1.807) is 0 Å². The zero-order valence-electron chi connectivity index (χ0n) is 17.8. The number of aliphatic hydroxyl groups excluding tert-OH is 2. The molecule has 4 nitrogen and oxygen atoms in total. The van der Waals surface area contributed by atoms with E-state index in [9.17, 15) is 23.4 Å². The number of aliphatic hydroxyl groups is 2. The van der Waals surface area contributed by atoms with Gasteiger partial charge in [-0.3, -0.25) is 4.98 Å². The SMILES string of the molecule is Cc1c2c(nc(C(C)C)c1[C@H](O)c1ccc(OC(F)(F)F)cc1)CC(C)(C)CC2O. The van der Waals surface area contributed by atoms with Gasteiger partial charge in [0.05, 0.1) is 6.10 Å². The summed E-state index contributed by atoms with van der Waals surface area (Å²) < 4.78 is 41.1. The molecule has 2 atom stereocenters. The van der Waals surface area contributed by atoms with Gasteiger partial charge in [0.1, 0.15) is 11.9 Å². The highest BCUT2D eigenvalue weighted by atomic mass is 19.4. The van der Waals surface area contributed by atoms with Crippen molar-refractivity contribution in [1.82, 2.24) is 4.98 Å². The van der Waals surface area contributed by atoms with Crippen molar-refractivity contribution < 1.29 is 28.1 Å². The lowest BCUT2D eigenvalue weighted by Crippen LogP contribution is -2.29. The molecule has 1 heterocycles. The van der Waals surface area contributed by atoms with Crippen LogP contribution in [-0.2, 0) is 6.42 Å². The third-order valence-corrected chi connectivity index (χ3v) is 5.63. The summed E-state index contributed by atoms with van der Waals surface area (Å²) in [5, 5.41) is 21.9. The van der Waals surface area contributed by atoms with Crippen molar-refractivity contribution in [2.75, 3.05) is 0 Å². The van der Waals surface area contributed by atoms with Gasteiger partial charge >= 0.3 is 6.36 Å². The van der Waals surface area contributed by atoms with E-state index in [0.717, 1.165) is 28.9 Å². The fourth-order valence-corrected chi connectivity index (χ4v) is 4.35. The first kappa shape index (κ1) is 22.6. The number of alkyl halides is 3. The van der Waals surface area contributed by atoms with Crippen LogP contribution in [0.25, 0.3) is 0 Å². The van der Waals surface area contributed by atoms with Crippen molar-refractivity contribution in [2.24, 2.45) is 5.41 Å². The normalized spacial score (nSPS) is 19.5. The Balaban J connectivity index is 2.06. The predicted octanol–water partition coefficient (Wildman–Crippen LogP) is 5.50. The van der Waals surface area contributed by atoms with Crippen molar-refractivity contribution in [3.63, 3.8) is 0 Å². The molecule has 0 fully saturated rings. The van der Waals surface area contributed by atoms with E-state index in [0.29, 0.717) is 17.5 Å². The van der Waals surface area contributed by atoms with Gasteiger partial charge in [-0.1, -0.05) is 39.8 Å². The summed E-state index contributed by atoms with van der Waals surface area (Å²) in [6.45, 7) is 10.0. The summed E-state index contributed by atoms with van der Waals surface area (Å²) in [6, 6.07) is 5.18. The molecule has 1 aromatic carbocycles. The molecular weight excluding hydrogens is 395 g/mol. The quantitative estimate of drug-likeness (QED) is 0.682. The van der Waals surface area contributed by atoms with Gasteiger partial charge in [-0.2, -0.15) is 0 Å². The Bertz CT molecular complexity index is 921. The first-order chi connectivity index (χ1) is 13.8. The van der Waals surface area contributed by atoms with Crippen LogP contribution in [0, 0.1) is 12.3 Å². The molecule has 3 rings (SSSR count). The number of hydrogen-bond donors (Lipinski definition) is 2. The molecule has 1 aromatic heterocycles. The molecule has 2 aromatic rings. The summed E-state index contributed by atoms with van der Waals surface area (Å²) in [7, 11) is 0. The number of hydrogen-bond acceptors (Lipinski definition) is 4. The first-order valence-electron chi connectivity index (χ1n) is 10.0. The van der Waals surface area contributed by atoms with Crippen LogP contribution in [0.5, 0.6) is 5.75 Å². The number of fused-ring (bicyclic) bond motifs is 1. The van der Waals surface area contributed by atoms with Gasteiger partial charge in [-0.15, -0.1) is 13.2 Å². The van der Waals surface area contributed by atoms with Crippen LogP contribution in [0.15, 0.2) is 24.3 Å². The summed E-state index contributed by atoms with van der Waals surface area (Å²) in [6.07, 6.45) is -5.19. The minimum Gasteiger partial charge on any atom is -0.406 e. The number of halogens is 3. The van der Waals surface area contributed by atoms with Crippen molar-refractivity contribution in [2.45, 2.75) is 71.9 Å². The topological polar surface area (TPSA) is 62.6 Å². The van der Waals surface area contributed by atoms with E-state index in [2.05, 4.69) is 18.6 Å². The van der Waals surface area contributed by atoms with Crippen molar-refractivity contribution >= 4 is 0 Å². The third-order valence-electron chi connectivity index (χ3n) is 5.63. The Morgan fingerprint density at radius 3 is 2.30 bits per heavy atom. The maximum atomic E-state index is 12.4. The van der Waals surface area contributed by atoms with Crippen LogP contribution >= 0.6 is 0 Å². The second-order valence-corrected chi connectivity index (χ2v) is 9.13. The van der Waals surface area contributed by atoms with E-state index in [1.165, 1.54) is 24.3 Å². The molecule has 0 bridgehead atoms. The van der Waals surface area contributed by atoms with E-state index in [1.807, 2.05) is 20.8 Å². The van der Waals surface area contributed by atoms with E-state index in [4.69, 9.17) is 4.98 Å². The molecule has 164 valence electrons. The molecule has 1 aliphatic carbocycles. The second kappa shape index (κ2) is 7.85. The number of ether oxygens (including phenoxy) is 1. The van der Waals surface area contributed by atoms with Gasteiger partial charge in [0.2, 0.25) is 0 Å². The number of nitrogens with zero attached hydrogens (tertiary/aromatic N) is 1. The highest BCUT2D eigenvalue weighted by Crippen LogP contribution is 2.44. The molecule has 0 spiro atoms. The molecule has 2 N–H and O–H groups in total. The molecule has 1 unspecified atom stereocenters. The molecule has 0 amide bonds. The van der Waals surface area contributed by atoms with Crippen LogP contribution in [0.4, 0.5) is 13.2 Å². The standard InChI is InChI=1S/C23H28F3NO3/c1-12(2)20-19(13(3)18-16(27-20)10-22(4,5)11-17(18)28)21(29)14-6-8-15(9-7-14)30-23(24,25)26/h6-9,12,17,21,28-29H,10-11H2,1-5H3/t17?,21-/m1/s1. The lowest BCUT2D eigenvalue weighted by atomic mass is 9.72. The lowest BCUT2D eigenvalue weighted by Gasteiger charge is -2.36. The summed E-state index contributed by atoms with van der Waals surface area (Å²) >= 11 is 0. The number of rotatable bonds is 4. The van der Waals surface area contributed by atoms with Crippen LogP contribution in [0.3, 0.4) is 0 Å². The summed E-state index contributed by atoms with van der Waals surface area (Å²) in [5.74, 6) is -0.325. The Kier molecular flexibility index (Phi) is 5.91. The number of pyridine rings is 1. The fraction of sp³-hybridized carbons (Fsp3) is 0.522. The van der Waals surface area contributed by atoms with Gasteiger partial charge in [0.15, 0.2) is 0 Å². The number of benzene rings is 1. The molecule has 0 saturated carbocycles. The Morgan fingerprint density at radius 1 is 1.17 bits per heavy atom. The predicted molar refractivity (Wildman–Crippen MR) is 107 cm³/mol. The molecule has 0 saturated heterocycles. The highest BCUT2D eigenvalue weighted by molar-refractivity contribution is 5.48. The summed E-state index contributed by atoms with van der Waals surface area (Å²) in [4.78, 5) is 4.84. The van der Waals surface area contributed by atoms with Crippen molar-refractivity contribution in [3.05, 3.63) is 57.9 Å². The minimum absolute atomic E-state index is 0.0219. The van der Waals surface area contributed by atoms with Gasteiger partial charge in [0, 0.05) is 22.5 Å². The van der Waals surface area contributed by atoms with Crippen molar-refractivity contribution in [3.8, 4) is 5.75 Å². The Hall–Kier alpha value is -2.12. The van der Waals surface area contributed by atoms with Gasteiger partial charge in [0.25, 0.3) is 0 Å². The minimum atomic E-state index is -4.77. The van der Waals surface area contributed by atoms with Crippen LogP contribution in [0.2, 0.25) is 0 Å². The average molecular weight is 423 g/mol. The van der Waals surface area contributed by atoms with Gasteiger partial charge < -0.3 is 14.9 Å². The average Bonchev–Trinajstić information content (AvgIpc) is 2.58. The monoisotopic (exact) mass is 423 g/mol. The number of aromatic nitrogens is 1. The van der Waals surface area contributed by atoms with Gasteiger partial charge in [-0.05, 0) is 54.4 Å². The van der Waals surface area contributed by atoms with E-state index >= 15 is 0 Å². The fourth-order valence-electron chi connectivity index (χ4n) is 4.35. The maximum absolute atomic E-state index is 12.4. The maximum Gasteiger partial charge on any atom is 0.573 e. The van der Waals surface area contributed by atoms with Gasteiger partial charge in [-0.25, -0.2) is 0 Å². The highest BCUT2D eigenvalue weighted by Gasteiger charge is 2.36. The van der Waals surface area contributed by atoms with Crippen LogP contribution in [0.1, 0.15) is 85.9 Å². The summed E-state index contributed by atoms with van der Waals surface area (Å²) in [5.41, 5.74) is 4.09.